The third kappa shape index (κ3) is 2.87. The first-order valence-electron chi connectivity index (χ1n) is 4.14. The molecule has 0 radical (unpaired) electrons. The molecule has 80 valence electrons. The summed E-state index contributed by atoms with van der Waals surface area (Å²) >= 11 is 4.88. The number of aryl methyl sites for hydroxylation is 1. The van der Waals surface area contributed by atoms with Gasteiger partial charge in [-0.1, -0.05) is 0 Å². The molecule has 1 aromatic heterocycles. The number of rotatable bonds is 2. The Hall–Kier alpha value is -0.780. The van der Waals surface area contributed by atoms with Gasteiger partial charge in [-0.2, -0.15) is 13.2 Å². The molecule has 1 atom stereocenters. The fraction of sp³-hybridized carbons (Fsp3) is 0.625. The minimum Gasteiger partial charge on any atom is -0.335 e. The van der Waals surface area contributed by atoms with Crippen LogP contribution in [-0.2, 0) is 0 Å². The summed E-state index contributed by atoms with van der Waals surface area (Å²) in [5, 5.41) is 0. The Morgan fingerprint density at radius 3 is 2.50 bits per heavy atom. The third-order valence-electron chi connectivity index (χ3n) is 1.87. The van der Waals surface area contributed by atoms with Crippen LogP contribution in [0.15, 0.2) is 6.20 Å². The van der Waals surface area contributed by atoms with Gasteiger partial charge in [-0.15, -0.1) is 0 Å². The molecule has 1 N–H and O–H groups in total. The number of imidazole rings is 1. The lowest BCUT2D eigenvalue weighted by Crippen LogP contribution is -2.16. The molecule has 1 aromatic rings. The van der Waals surface area contributed by atoms with Crippen molar-refractivity contribution < 1.29 is 13.2 Å². The van der Waals surface area contributed by atoms with Gasteiger partial charge in [0.15, 0.2) is 4.77 Å². The Labute approximate surface area is 84.8 Å². The lowest BCUT2D eigenvalue weighted by atomic mass is 10.2. The molecule has 1 heterocycles. The molecule has 1 rings (SSSR count). The fourth-order valence-electron chi connectivity index (χ4n) is 1.29. The standard InChI is InChI=1S/C8H11F3N2S/c1-5-4-13(7(14)12-5)6(2)3-8(9,10)11/h4,6H,3H2,1-2H3,(H,12,14). The zero-order chi connectivity index (χ0) is 10.9. The molecule has 0 saturated carbocycles. The molecule has 0 saturated heterocycles. The van der Waals surface area contributed by atoms with Gasteiger partial charge < -0.3 is 9.55 Å². The largest absolute Gasteiger partial charge is 0.391 e. The number of aromatic nitrogens is 2. The number of aromatic amines is 1. The fourth-order valence-corrected chi connectivity index (χ4v) is 1.69. The van der Waals surface area contributed by atoms with Gasteiger partial charge in [0.2, 0.25) is 0 Å². The highest BCUT2D eigenvalue weighted by atomic mass is 32.1. The summed E-state index contributed by atoms with van der Waals surface area (Å²) in [6.45, 7) is 3.25. The quantitative estimate of drug-likeness (QED) is 0.764. The summed E-state index contributed by atoms with van der Waals surface area (Å²) in [6.07, 6.45) is -3.42. The van der Waals surface area contributed by atoms with Gasteiger partial charge >= 0.3 is 6.18 Å². The van der Waals surface area contributed by atoms with E-state index in [1.807, 2.05) is 0 Å². The van der Waals surface area contributed by atoms with Crippen LogP contribution in [0.2, 0.25) is 0 Å². The van der Waals surface area contributed by atoms with E-state index in [4.69, 9.17) is 12.2 Å². The maximum atomic E-state index is 12.1. The lowest BCUT2D eigenvalue weighted by Gasteiger charge is -2.14. The van der Waals surface area contributed by atoms with Crippen LogP contribution >= 0.6 is 12.2 Å². The topological polar surface area (TPSA) is 20.7 Å². The van der Waals surface area contributed by atoms with Crippen LogP contribution in [0.4, 0.5) is 13.2 Å². The van der Waals surface area contributed by atoms with Crippen LogP contribution in [0.1, 0.15) is 25.1 Å². The molecule has 0 aliphatic heterocycles. The van der Waals surface area contributed by atoms with Crippen LogP contribution in [0, 0.1) is 11.7 Å². The van der Waals surface area contributed by atoms with Gasteiger partial charge in [0.1, 0.15) is 0 Å². The molecule has 14 heavy (non-hydrogen) atoms. The number of hydrogen-bond acceptors (Lipinski definition) is 1. The van der Waals surface area contributed by atoms with Crippen LogP contribution in [0.25, 0.3) is 0 Å². The normalized spacial score (nSPS) is 14.4. The highest BCUT2D eigenvalue weighted by Crippen LogP contribution is 2.27. The molecule has 0 fully saturated rings. The van der Waals surface area contributed by atoms with Crippen molar-refractivity contribution in [2.45, 2.75) is 32.5 Å². The van der Waals surface area contributed by atoms with Gasteiger partial charge in [-0.05, 0) is 26.1 Å². The van der Waals surface area contributed by atoms with Gasteiger partial charge in [0.25, 0.3) is 0 Å². The smallest absolute Gasteiger partial charge is 0.335 e. The molecule has 0 spiro atoms. The average molecular weight is 224 g/mol. The SMILES string of the molecule is Cc1cn(C(C)CC(F)(F)F)c(=S)[nH]1. The number of H-pyrrole nitrogens is 1. The first-order valence-corrected chi connectivity index (χ1v) is 4.55. The number of halogens is 3. The number of hydrogen-bond donors (Lipinski definition) is 1. The molecule has 0 aromatic carbocycles. The van der Waals surface area contributed by atoms with E-state index in [0.717, 1.165) is 5.69 Å². The number of alkyl halides is 3. The predicted molar refractivity (Wildman–Crippen MR) is 49.7 cm³/mol. The van der Waals surface area contributed by atoms with E-state index < -0.39 is 18.6 Å². The van der Waals surface area contributed by atoms with E-state index in [1.165, 1.54) is 11.5 Å². The molecule has 0 aliphatic carbocycles. The zero-order valence-corrected chi connectivity index (χ0v) is 8.67. The molecule has 0 bridgehead atoms. The highest BCUT2D eigenvalue weighted by Gasteiger charge is 2.30. The lowest BCUT2D eigenvalue weighted by molar-refractivity contribution is -0.141. The Balaban J connectivity index is 2.85. The Kier molecular flexibility index (Phi) is 3.04. The molecule has 0 amide bonds. The molecule has 0 aliphatic rings. The molecule has 2 nitrogen and oxygen atoms in total. The minimum absolute atomic E-state index is 0.333. The van der Waals surface area contributed by atoms with E-state index in [2.05, 4.69) is 4.98 Å². The van der Waals surface area contributed by atoms with E-state index in [1.54, 1.807) is 13.1 Å². The monoisotopic (exact) mass is 224 g/mol. The predicted octanol–water partition coefficient (Wildman–Crippen LogP) is 3.37. The maximum Gasteiger partial charge on any atom is 0.391 e. The van der Waals surface area contributed by atoms with Gasteiger partial charge in [0, 0.05) is 17.9 Å². The summed E-state index contributed by atoms with van der Waals surface area (Å²) in [7, 11) is 0. The molecule has 1 unspecified atom stereocenters. The Morgan fingerprint density at radius 1 is 1.57 bits per heavy atom. The Morgan fingerprint density at radius 2 is 2.14 bits per heavy atom. The van der Waals surface area contributed by atoms with Crippen molar-refractivity contribution in [3.63, 3.8) is 0 Å². The Bertz CT molecular complexity index is 363. The van der Waals surface area contributed by atoms with Crippen LogP contribution in [-0.4, -0.2) is 15.7 Å². The van der Waals surface area contributed by atoms with Crippen molar-refractivity contribution in [1.82, 2.24) is 9.55 Å². The van der Waals surface area contributed by atoms with Crippen molar-refractivity contribution >= 4 is 12.2 Å². The zero-order valence-electron chi connectivity index (χ0n) is 7.85. The average Bonchev–Trinajstić information content (AvgIpc) is 2.26. The van der Waals surface area contributed by atoms with Crippen LogP contribution in [0.5, 0.6) is 0 Å². The van der Waals surface area contributed by atoms with E-state index in [0.29, 0.717) is 4.77 Å². The minimum atomic E-state index is -4.15. The second-order valence-electron chi connectivity index (χ2n) is 3.32. The molecular weight excluding hydrogens is 213 g/mol. The number of nitrogens with one attached hydrogen (secondary N) is 1. The van der Waals surface area contributed by atoms with Gasteiger partial charge in [-0.3, -0.25) is 0 Å². The van der Waals surface area contributed by atoms with E-state index in [-0.39, 0.29) is 0 Å². The van der Waals surface area contributed by atoms with Crippen molar-refractivity contribution in [3.05, 3.63) is 16.7 Å². The maximum absolute atomic E-state index is 12.1. The second kappa shape index (κ2) is 3.76. The first kappa shape index (κ1) is 11.3. The number of nitrogens with zero attached hydrogens (tertiary/aromatic N) is 1. The van der Waals surface area contributed by atoms with Crippen molar-refractivity contribution in [1.29, 1.82) is 0 Å². The molecule has 6 heteroatoms. The van der Waals surface area contributed by atoms with Gasteiger partial charge in [-0.25, -0.2) is 0 Å². The summed E-state index contributed by atoms with van der Waals surface area (Å²) in [4.78, 5) is 2.78. The van der Waals surface area contributed by atoms with Gasteiger partial charge in [0.05, 0.1) is 6.42 Å². The molecular formula is C8H11F3N2S. The van der Waals surface area contributed by atoms with E-state index >= 15 is 0 Å². The van der Waals surface area contributed by atoms with Crippen molar-refractivity contribution in [2.75, 3.05) is 0 Å². The summed E-state index contributed by atoms with van der Waals surface area (Å²) in [6, 6.07) is -0.660. The van der Waals surface area contributed by atoms with Crippen molar-refractivity contribution in [2.24, 2.45) is 0 Å². The first-order chi connectivity index (χ1) is 6.29. The summed E-state index contributed by atoms with van der Waals surface area (Å²) < 4.78 is 38.0. The third-order valence-corrected chi connectivity index (χ3v) is 2.19. The second-order valence-corrected chi connectivity index (χ2v) is 3.70. The highest BCUT2D eigenvalue weighted by molar-refractivity contribution is 7.71. The van der Waals surface area contributed by atoms with Crippen molar-refractivity contribution in [3.8, 4) is 0 Å². The van der Waals surface area contributed by atoms with Crippen LogP contribution < -0.4 is 0 Å². The summed E-state index contributed by atoms with van der Waals surface area (Å²) in [5.41, 5.74) is 0.768. The van der Waals surface area contributed by atoms with E-state index in [9.17, 15) is 13.2 Å². The summed E-state index contributed by atoms with van der Waals surface area (Å²) in [5.74, 6) is 0. The van der Waals surface area contributed by atoms with Crippen LogP contribution in [0.3, 0.4) is 0 Å².